The van der Waals surface area contributed by atoms with E-state index in [0.717, 1.165) is 21.3 Å². The van der Waals surface area contributed by atoms with Gasteiger partial charge in [0.05, 0.1) is 5.56 Å². The maximum Gasteiger partial charge on any atom is 0.230 e. The van der Waals surface area contributed by atoms with Crippen LogP contribution in [0.1, 0.15) is 0 Å². The Balaban J connectivity index is 2.19. The molecule has 0 unspecified atom stereocenters. The molecular weight excluding hydrogens is 308 g/mol. The molecule has 2 N–H and O–H groups in total. The molecule has 0 radical (unpaired) electrons. The average molecular weight is 319 g/mol. The minimum atomic E-state index is 0.291. The van der Waals surface area contributed by atoms with Gasteiger partial charge in [0.1, 0.15) is 11.4 Å². The third-order valence-corrected chi connectivity index (χ3v) is 3.28. The van der Waals surface area contributed by atoms with Crippen molar-refractivity contribution in [1.29, 1.82) is 0 Å². The molecule has 1 aromatic carbocycles. The lowest BCUT2D eigenvalue weighted by Gasteiger charge is -2.01. The first-order chi connectivity index (χ1) is 9.15. The highest BCUT2D eigenvalue weighted by atomic mass is 79.9. The minimum Gasteiger partial charge on any atom is -0.367 e. The number of rotatable bonds is 2. The second-order valence-electron chi connectivity index (χ2n) is 4.16. The summed E-state index contributed by atoms with van der Waals surface area (Å²) in [5, 5.41) is 8.34. The zero-order chi connectivity index (χ0) is 13.4. The summed E-state index contributed by atoms with van der Waals surface area (Å²) in [5.41, 5.74) is 8.97. The van der Waals surface area contributed by atoms with Crippen molar-refractivity contribution in [2.75, 3.05) is 5.73 Å². The number of nitrogen functional groups attached to an aromatic ring is 1. The second kappa shape index (κ2) is 4.55. The lowest BCUT2D eigenvalue weighted by molar-refractivity contribution is 0.439. The third kappa shape index (κ3) is 2.15. The highest BCUT2D eigenvalue weighted by Gasteiger charge is 2.19. The van der Waals surface area contributed by atoms with Crippen molar-refractivity contribution >= 4 is 21.8 Å². The molecule has 19 heavy (non-hydrogen) atoms. The monoisotopic (exact) mass is 318 g/mol. The second-order valence-corrected chi connectivity index (χ2v) is 5.07. The number of aromatic nitrogens is 3. The largest absolute Gasteiger partial charge is 0.367 e. The Bertz CT molecular complexity index is 732. The van der Waals surface area contributed by atoms with E-state index in [2.05, 4.69) is 26.2 Å². The molecule has 3 aromatic rings. The van der Waals surface area contributed by atoms with E-state index in [4.69, 9.17) is 10.3 Å². The Morgan fingerprint density at radius 2 is 2.16 bits per heavy atom. The third-order valence-electron chi connectivity index (χ3n) is 2.79. The van der Waals surface area contributed by atoms with Crippen LogP contribution in [0, 0.1) is 0 Å². The molecule has 5 nitrogen and oxygen atoms in total. The molecule has 0 atom stereocenters. The zero-order valence-electron chi connectivity index (χ0n) is 10.2. The van der Waals surface area contributed by atoms with Crippen LogP contribution in [0.3, 0.4) is 0 Å². The molecule has 0 aliphatic rings. The van der Waals surface area contributed by atoms with Gasteiger partial charge in [0, 0.05) is 17.7 Å². The minimum absolute atomic E-state index is 0.291. The summed E-state index contributed by atoms with van der Waals surface area (Å²) < 4.78 is 7.80. The normalized spacial score (nSPS) is 10.8. The topological polar surface area (TPSA) is 69.9 Å². The van der Waals surface area contributed by atoms with E-state index < -0.39 is 0 Å². The summed E-state index contributed by atoms with van der Waals surface area (Å²) in [5.74, 6) is 0.291. The number of nitrogens with two attached hydrogens (primary N) is 1. The Kier molecular flexibility index (Phi) is 2.87. The highest BCUT2D eigenvalue weighted by molar-refractivity contribution is 9.10. The Morgan fingerprint density at radius 1 is 1.32 bits per heavy atom. The number of nitrogens with zero attached hydrogens (tertiary/aromatic N) is 3. The van der Waals surface area contributed by atoms with Gasteiger partial charge < -0.3 is 10.3 Å². The molecule has 0 aliphatic carbocycles. The van der Waals surface area contributed by atoms with Gasteiger partial charge in [-0.2, -0.15) is 5.10 Å². The van der Waals surface area contributed by atoms with Crippen molar-refractivity contribution in [3.05, 3.63) is 41.0 Å². The Morgan fingerprint density at radius 3 is 2.84 bits per heavy atom. The van der Waals surface area contributed by atoms with E-state index in [0.29, 0.717) is 11.6 Å². The summed E-state index contributed by atoms with van der Waals surface area (Å²) in [4.78, 5) is 0. The maximum absolute atomic E-state index is 5.89. The quantitative estimate of drug-likeness (QED) is 0.788. The molecule has 0 saturated carbocycles. The average Bonchev–Trinajstić information content (AvgIpc) is 2.95. The molecule has 96 valence electrons. The Labute approximate surface area is 118 Å². The van der Waals surface area contributed by atoms with Crippen molar-refractivity contribution in [2.45, 2.75) is 0 Å². The summed E-state index contributed by atoms with van der Waals surface area (Å²) in [6.45, 7) is 0. The Hall–Kier alpha value is -2.08. The van der Waals surface area contributed by atoms with E-state index >= 15 is 0 Å². The van der Waals surface area contributed by atoms with E-state index in [1.54, 1.807) is 4.68 Å². The first-order valence-corrected chi connectivity index (χ1v) is 6.45. The number of benzene rings is 1. The van der Waals surface area contributed by atoms with E-state index in [1.165, 1.54) is 0 Å². The van der Waals surface area contributed by atoms with Crippen molar-refractivity contribution in [1.82, 2.24) is 14.9 Å². The number of halogens is 1. The van der Waals surface area contributed by atoms with Gasteiger partial charge in [-0.1, -0.05) is 33.2 Å². The number of anilines is 1. The summed E-state index contributed by atoms with van der Waals surface area (Å²) >= 11 is 3.45. The molecule has 6 heteroatoms. The molecule has 2 aromatic heterocycles. The number of hydrogen-bond donors (Lipinski definition) is 1. The molecule has 0 saturated heterocycles. The van der Waals surface area contributed by atoms with Gasteiger partial charge in [-0.25, -0.2) is 0 Å². The standard InChI is InChI=1S/C13H11BrN4O/c1-18-6-5-10(16-18)12-11(13(15)19-17-12)8-3-2-4-9(14)7-8/h2-7H,15H2,1H3. The van der Waals surface area contributed by atoms with Crippen LogP contribution >= 0.6 is 15.9 Å². The lowest BCUT2D eigenvalue weighted by Crippen LogP contribution is -1.90. The first-order valence-electron chi connectivity index (χ1n) is 5.66. The van der Waals surface area contributed by atoms with Crippen LogP contribution in [-0.4, -0.2) is 14.9 Å². The van der Waals surface area contributed by atoms with Gasteiger partial charge in [0.25, 0.3) is 0 Å². The van der Waals surface area contributed by atoms with Crippen molar-refractivity contribution in [2.24, 2.45) is 7.05 Å². The SMILES string of the molecule is Cn1ccc(-c2noc(N)c2-c2cccc(Br)c2)n1. The van der Waals surface area contributed by atoms with Gasteiger partial charge >= 0.3 is 0 Å². The fraction of sp³-hybridized carbons (Fsp3) is 0.0769. The fourth-order valence-corrected chi connectivity index (χ4v) is 2.34. The predicted octanol–water partition coefficient (Wildman–Crippen LogP) is 3.09. The molecule has 0 aliphatic heterocycles. The van der Waals surface area contributed by atoms with Gasteiger partial charge in [-0.3, -0.25) is 4.68 Å². The highest BCUT2D eigenvalue weighted by Crippen LogP contribution is 2.36. The van der Waals surface area contributed by atoms with Crippen LogP contribution < -0.4 is 5.73 Å². The van der Waals surface area contributed by atoms with Gasteiger partial charge in [-0.05, 0) is 23.8 Å². The number of aryl methyl sites for hydroxylation is 1. The molecule has 3 rings (SSSR count). The first kappa shape index (κ1) is 12.0. The zero-order valence-corrected chi connectivity index (χ0v) is 11.8. The molecule has 0 amide bonds. The van der Waals surface area contributed by atoms with Gasteiger partial charge in [-0.15, -0.1) is 0 Å². The van der Waals surface area contributed by atoms with Crippen molar-refractivity contribution in [3.63, 3.8) is 0 Å². The van der Waals surface area contributed by atoms with Crippen molar-refractivity contribution < 1.29 is 4.52 Å². The molecule has 2 heterocycles. The molecular formula is C13H11BrN4O. The van der Waals surface area contributed by atoms with E-state index in [1.807, 2.05) is 43.6 Å². The van der Waals surface area contributed by atoms with Crippen LogP contribution in [0.15, 0.2) is 45.5 Å². The summed E-state index contributed by atoms with van der Waals surface area (Å²) in [6.07, 6.45) is 1.85. The smallest absolute Gasteiger partial charge is 0.230 e. The van der Waals surface area contributed by atoms with Crippen LogP contribution in [0.5, 0.6) is 0 Å². The van der Waals surface area contributed by atoms with E-state index in [-0.39, 0.29) is 0 Å². The van der Waals surface area contributed by atoms with Crippen molar-refractivity contribution in [3.8, 4) is 22.5 Å². The lowest BCUT2D eigenvalue weighted by atomic mass is 10.0. The van der Waals surface area contributed by atoms with Crippen LogP contribution in [0.2, 0.25) is 0 Å². The summed E-state index contributed by atoms with van der Waals surface area (Å²) in [6, 6.07) is 9.69. The fourth-order valence-electron chi connectivity index (χ4n) is 1.94. The predicted molar refractivity (Wildman–Crippen MR) is 76.3 cm³/mol. The maximum atomic E-state index is 5.89. The molecule has 0 bridgehead atoms. The van der Waals surface area contributed by atoms with Gasteiger partial charge in [0.15, 0.2) is 0 Å². The van der Waals surface area contributed by atoms with Gasteiger partial charge in [0.2, 0.25) is 5.88 Å². The van der Waals surface area contributed by atoms with Crippen LogP contribution in [0.25, 0.3) is 22.5 Å². The van der Waals surface area contributed by atoms with E-state index in [9.17, 15) is 0 Å². The van der Waals surface area contributed by atoms with Crippen LogP contribution in [-0.2, 0) is 7.05 Å². The molecule has 0 spiro atoms. The summed E-state index contributed by atoms with van der Waals surface area (Å²) in [7, 11) is 1.85. The van der Waals surface area contributed by atoms with Crippen LogP contribution in [0.4, 0.5) is 5.88 Å². The molecule has 0 fully saturated rings. The number of hydrogen-bond acceptors (Lipinski definition) is 4.